The topological polar surface area (TPSA) is 36.0 Å². The van der Waals surface area contributed by atoms with E-state index in [1.807, 2.05) is 0 Å². The molecule has 0 saturated carbocycles. The van der Waals surface area contributed by atoms with Gasteiger partial charge in [0.25, 0.3) is 0 Å². The fourth-order valence-electron chi connectivity index (χ4n) is 2.84. The summed E-state index contributed by atoms with van der Waals surface area (Å²) in [5, 5.41) is 10.6. The molecule has 1 aliphatic carbocycles. The molecule has 17 heavy (non-hydrogen) atoms. The Bertz CT molecular complexity index is 541. The van der Waals surface area contributed by atoms with Crippen LogP contribution in [-0.4, -0.2) is 16.7 Å². The lowest BCUT2D eigenvalue weighted by Gasteiger charge is -2.11. The van der Waals surface area contributed by atoms with Crippen LogP contribution in [-0.2, 0) is 12.8 Å². The minimum atomic E-state index is 0.220. The number of aliphatic hydroxyl groups excluding tert-OH is 1. The van der Waals surface area contributed by atoms with Gasteiger partial charge in [0.2, 0.25) is 0 Å². The lowest BCUT2D eigenvalue weighted by molar-refractivity contribution is 0.273. The van der Waals surface area contributed by atoms with Crippen molar-refractivity contribution in [2.45, 2.75) is 38.5 Å². The van der Waals surface area contributed by atoms with Crippen LogP contribution in [0.15, 0.2) is 18.2 Å². The second-order valence-electron chi connectivity index (χ2n) is 5.18. The van der Waals surface area contributed by atoms with Crippen LogP contribution in [0.5, 0.6) is 0 Å². The summed E-state index contributed by atoms with van der Waals surface area (Å²) in [4.78, 5) is 3.54. The molecule has 1 aromatic heterocycles. The van der Waals surface area contributed by atoms with E-state index in [0.29, 0.717) is 0 Å². The van der Waals surface area contributed by atoms with Crippen LogP contribution in [0.4, 0.5) is 0 Å². The van der Waals surface area contributed by atoms with Crippen molar-refractivity contribution >= 4 is 10.9 Å². The largest absolute Gasteiger partial charge is 0.396 e. The Balaban J connectivity index is 2.14. The van der Waals surface area contributed by atoms with Gasteiger partial charge in [-0.1, -0.05) is 13.0 Å². The van der Waals surface area contributed by atoms with Gasteiger partial charge in [0, 0.05) is 29.1 Å². The third-order valence-corrected chi connectivity index (χ3v) is 3.97. The molecule has 0 spiro atoms. The number of aromatic amines is 1. The van der Waals surface area contributed by atoms with E-state index in [1.165, 1.54) is 53.4 Å². The van der Waals surface area contributed by atoms with Gasteiger partial charge in [-0.15, -0.1) is 0 Å². The Morgan fingerprint density at radius 3 is 2.94 bits per heavy atom. The smallest absolute Gasteiger partial charge is 0.0497 e. The van der Waals surface area contributed by atoms with Gasteiger partial charge >= 0.3 is 0 Å². The lowest BCUT2D eigenvalue weighted by Crippen LogP contribution is -2.00. The molecule has 2 aromatic rings. The van der Waals surface area contributed by atoms with Crippen LogP contribution >= 0.6 is 0 Å². The summed E-state index contributed by atoms with van der Waals surface area (Å²) in [7, 11) is 0. The lowest BCUT2D eigenvalue weighted by atomic mass is 9.93. The van der Waals surface area contributed by atoms with Gasteiger partial charge in [-0.25, -0.2) is 0 Å². The van der Waals surface area contributed by atoms with E-state index in [1.54, 1.807) is 0 Å². The van der Waals surface area contributed by atoms with Crippen LogP contribution in [0.2, 0.25) is 0 Å². The van der Waals surface area contributed by atoms with Gasteiger partial charge in [0.15, 0.2) is 0 Å². The maximum Gasteiger partial charge on any atom is 0.0497 e. The predicted molar refractivity (Wildman–Crippen MR) is 70.4 cm³/mol. The zero-order chi connectivity index (χ0) is 11.8. The Hall–Kier alpha value is -1.28. The maximum absolute atomic E-state index is 9.24. The Labute approximate surface area is 102 Å². The SMILES string of the molecule is CC(CO)c1ccc2[nH]c3c(c2c1)CCCC3. The van der Waals surface area contributed by atoms with Crippen molar-refractivity contribution in [1.82, 2.24) is 4.98 Å². The van der Waals surface area contributed by atoms with E-state index in [2.05, 4.69) is 30.1 Å². The number of hydrogen-bond acceptors (Lipinski definition) is 1. The van der Waals surface area contributed by atoms with Crippen LogP contribution in [0.1, 0.15) is 42.5 Å². The first-order chi connectivity index (χ1) is 8.29. The zero-order valence-corrected chi connectivity index (χ0v) is 10.3. The number of H-pyrrole nitrogens is 1. The molecular formula is C15H19NO. The summed E-state index contributed by atoms with van der Waals surface area (Å²) in [6.45, 7) is 2.29. The van der Waals surface area contributed by atoms with Gasteiger partial charge < -0.3 is 10.1 Å². The van der Waals surface area contributed by atoms with Crippen molar-refractivity contribution in [1.29, 1.82) is 0 Å². The summed E-state index contributed by atoms with van der Waals surface area (Å²) >= 11 is 0. The minimum absolute atomic E-state index is 0.220. The highest BCUT2D eigenvalue weighted by atomic mass is 16.3. The van der Waals surface area contributed by atoms with Crippen LogP contribution < -0.4 is 0 Å². The maximum atomic E-state index is 9.24. The molecule has 0 bridgehead atoms. The van der Waals surface area contributed by atoms with Crippen LogP contribution in [0.25, 0.3) is 10.9 Å². The summed E-state index contributed by atoms with van der Waals surface area (Å²) in [6.07, 6.45) is 5.00. The Morgan fingerprint density at radius 1 is 1.29 bits per heavy atom. The molecule has 2 nitrogen and oxygen atoms in total. The highest BCUT2D eigenvalue weighted by Gasteiger charge is 2.16. The molecule has 1 aliphatic rings. The Kier molecular flexibility index (Phi) is 2.67. The average Bonchev–Trinajstić information content (AvgIpc) is 2.75. The van der Waals surface area contributed by atoms with E-state index in [4.69, 9.17) is 0 Å². The molecule has 2 heteroatoms. The van der Waals surface area contributed by atoms with E-state index >= 15 is 0 Å². The molecule has 0 radical (unpaired) electrons. The van der Waals surface area contributed by atoms with E-state index in [-0.39, 0.29) is 12.5 Å². The van der Waals surface area contributed by atoms with Crippen LogP contribution in [0.3, 0.4) is 0 Å². The Morgan fingerprint density at radius 2 is 2.12 bits per heavy atom. The first kappa shape index (κ1) is 10.8. The average molecular weight is 229 g/mol. The van der Waals surface area contributed by atoms with Crippen molar-refractivity contribution in [2.75, 3.05) is 6.61 Å². The van der Waals surface area contributed by atoms with Gasteiger partial charge in [0.1, 0.15) is 0 Å². The quantitative estimate of drug-likeness (QED) is 0.815. The molecular weight excluding hydrogens is 210 g/mol. The molecule has 0 fully saturated rings. The molecule has 0 saturated heterocycles. The van der Waals surface area contributed by atoms with E-state index < -0.39 is 0 Å². The van der Waals surface area contributed by atoms with Crippen molar-refractivity contribution in [3.8, 4) is 0 Å². The summed E-state index contributed by atoms with van der Waals surface area (Å²) in [5.41, 5.74) is 5.44. The molecule has 0 aliphatic heterocycles. The second-order valence-corrected chi connectivity index (χ2v) is 5.18. The van der Waals surface area contributed by atoms with Crippen molar-refractivity contribution < 1.29 is 5.11 Å². The summed E-state index contributed by atoms with van der Waals surface area (Å²) in [6, 6.07) is 6.55. The fourth-order valence-corrected chi connectivity index (χ4v) is 2.84. The number of aryl methyl sites for hydroxylation is 2. The molecule has 0 amide bonds. The van der Waals surface area contributed by atoms with Gasteiger partial charge in [-0.2, -0.15) is 0 Å². The molecule has 2 N–H and O–H groups in total. The van der Waals surface area contributed by atoms with Crippen LogP contribution in [0, 0.1) is 0 Å². The molecule has 1 aromatic carbocycles. The van der Waals surface area contributed by atoms with Gasteiger partial charge in [-0.3, -0.25) is 0 Å². The number of rotatable bonds is 2. The third-order valence-electron chi connectivity index (χ3n) is 3.97. The number of aromatic nitrogens is 1. The predicted octanol–water partition coefficient (Wildman–Crippen LogP) is 3.14. The molecule has 90 valence electrons. The number of benzene rings is 1. The monoisotopic (exact) mass is 229 g/mol. The summed E-state index contributed by atoms with van der Waals surface area (Å²) < 4.78 is 0. The van der Waals surface area contributed by atoms with E-state index in [9.17, 15) is 5.11 Å². The molecule has 1 unspecified atom stereocenters. The van der Waals surface area contributed by atoms with Crippen molar-refractivity contribution in [3.05, 3.63) is 35.0 Å². The van der Waals surface area contributed by atoms with Crippen molar-refractivity contribution in [3.63, 3.8) is 0 Å². The highest BCUT2D eigenvalue weighted by Crippen LogP contribution is 2.31. The first-order valence-corrected chi connectivity index (χ1v) is 6.54. The second kappa shape index (κ2) is 4.19. The normalized spacial score (nSPS) is 17.1. The highest BCUT2D eigenvalue weighted by molar-refractivity contribution is 5.85. The number of nitrogens with one attached hydrogen (secondary N) is 1. The number of hydrogen-bond donors (Lipinski definition) is 2. The molecule has 1 atom stereocenters. The zero-order valence-electron chi connectivity index (χ0n) is 10.3. The van der Waals surface area contributed by atoms with Crippen molar-refractivity contribution in [2.24, 2.45) is 0 Å². The molecule has 1 heterocycles. The van der Waals surface area contributed by atoms with E-state index in [0.717, 1.165) is 0 Å². The van der Waals surface area contributed by atoms with Gasteiger partial charge in [-0.05, 0) is 48.9 Å². The third kappa shape index (κ3) is 1.77. The standard InChI is InChI=1S/C15H19NO/c1-10(9-17)11-6-7-15-13(8-11)12-4-2-3-5-14(12)16-15/h6-8,10,16-17H,2-5,9H2,1H3. The van der Waals surface area contributed by atoms with Gasteiger partial charge in [0.05, 0.1) is 0 Å². The number of aliphatic hydroxyl groups is 1. The summed E-state index contributed by atoms with van der Waals surface area (Å²) in [5.74, 6) is 0.230. The minimum Gasteiger partial charge on any atom is -0.396 e. The molecule has 3 rings (SSSR count). The number of fused-ring (bicyclic) bond motifs is 3. The first-order valence-electron chi connectivity index (χ1n) is 6.54. The fraction of sp³-hybridized carbons (Fsp3) is 0.467.